The van der Waals surface area contributed by atoms with Crippen LogP contribution in [0.15, 0.2) is 53.4 Å². The van der Waals surface area contributed by atoms with E-state index in [9.17, 15) is 4.79 Å². The maximum Gasteiger partial charge on any atom is 0.247 e. The minimum absolute atomic E-state index is 0.135. The first-order valence-corrected chi connectivity index (χ1v) is 8.01. The van der Waals surface area contributed by atoms with Gasteiger partial charge in [0.1, 0.15) is 6.54 Å². The predicted octanol–water partition coefficient (Wildman–Crippen LogP) is 3.18. The summed E-state index contributed by atoms with van der Waals surface area (Å²) in [5, 5.41) is 11.8. The lowest BCUT2D eigenvalue weighted by Crippen LogP contribution is -2.19. The molecule has 0 saturated carbocycles. The van der Waals surface area contributed by atoms with Gasteiger partial charge in [-0.15, -0.1) is 0 Å². The standard InChI is InChI=1S/C15H13BrClN5O/c16-12-7-18-22(9-12)10-15(23)19-14-5-6-21(20-14)8-11-1-3-13(17)4-2-11/h1-7,9H,8,10H2,(H,19,20,23). The lowest BCUT2D eigenvalue weighted by Gasteiger charge is -2.03. The van der Waals surface area contributed by atoms with Gasteiger partial charge in [0.2, 0.25) is 5.91 Å². The number of nitrogens with one attached hydrogen (secondary N) is 1. The second-order valence-electron chi connectivity index (χ2n) is 4.93. The van der Waals surface area contributed by atoms with Gasteiger partial charge in [-0.3, -0.25) is 14.2 Å². The molecule has 1 N–H and O–H groups in total. The van der Waals surface area contributed by atoms with Gasteiger partial charge in [-0.1, -0.05) is 23.7 Å². The van der Waals surface area contributed by atoms with Crippen LogP contribution in [0.2, 0.25) is 5.02 Å². The lowest BCUT2D eigenvalue weighted by atomic mass is 10.2. The van der Waals surface area contributed by atoms with E-state index in [-0.39, 0.29) is 12.5 Å². The number of aromatic nitrogens is 4. The summed E-state index contributed by atoms with van der Waals surface area (Å²) in [6.07, 6.45) is 5.18. The molecule has 118 valence electrons. The van der Waals surface area contributed by atoms with Crippen LogP contribution < -0.4 is 5.32 Å². The van der Waals surface area contributed by atoms with E-state index in [0.29, 0.717) is 17.4 Å². The topological polar surface area (TPSA) is 64.7 Å². The zero-order chi connectivity index (χ0) is 16.2. The summed E-state index contributed by atoms with van der Waals surface area (Å²) < 4.78 is 4.13. The van der Waals surface area contributed by atoms with Crippen molar-refractivity contribution >= 4 is 39.3 Å². The van der Waals surface area contributed by atoms with Gasteiger partial charge in [-0.25, -0.2) is 0 Å². The van der Waals surface area contributed by atoms with E-state index in [0.717, 1.165) is 10.0 Å². The fourth-order valence-corrected chi connectivity index (χ4v) is 2.50. The Morgan fingerprint density at radius 3 is 2.70 bits per heavy atom. The number of benzene rings is 1. The number of carbonyl (C=O) groups excluding carboxylic acids is 1. The molecular formula is C15H13BrClN5O. The summed E-state index contributed by atoms with van der Waals surface area (Å²) in [5.74, 6) is 0.326. The van der Waals surface area contributed by atoms with Crippen LogP contribution in [0, 0.1) is 0 Å². The number of hydrogen-bond acceptors (Lipinski definition) is 3. The zero-order valence-corrected chi connectivity index (χ0v) is 14.3. The third-order valence-corrected chi connectivity index (χ3v) is 3.73. The molecular weight excluding hydrogens is 382 g/mol. The highest BCUT2D eigenvalue weighted by molar-refractivity contribution is 9.10. The van der Waals surface area contributed by atoms with Crippen LogP contribution in [0.3, 0.4) is 0 Å². The first kappa shape index (κ1) is 15.8. The van der Waals surface area contributed by atoms with Gasteiger partial charge in [-0.05, 0) is 33.6 Å². The third-order valence-electron chi connectivity index (χ3n) is 3.07. The van der Waals surface area contributed by atoms with Gasteiger partial charge in [0.25, 0.3) is 0 Å². The summed E-state index contributed by atoms with van der Waals surface area (Å²) in [6.45, 7) is 0.745. The molecule has 8 heteroatoms. The number of carbonyl (C=O) groups is 1. The fraction of sp³-hybridized carbons (Fsp3) is 0.133. The normalized spacial score (nSPS) is 10.7. The lowest BCUT2D eigenvalue weighted by molar-refractivity contribution is -0.116. The first-order valence-electron chi connectivity index (χ1n) is 6.84. The van der Waals surface area contributed by atoms with Gasteiger partial charge in [-0.2, -0.15) is 10.2 Å². The van der Waals surface area contributed by atoms with Crippen LogP contribution in [-0.4, -0.2) is 25.5 Å². The van der Waals surface area contributed by atoms with Gasteiger partial charge >= 0.3 is 0 Å². The van der Waals surface area contributed by atoms with Crippen LogP contribution in [0.5, 0.6) is 0 Å². The predicted molar refractivity (Wildman–Crippen MR) is 91.3 cm³/mol. The summed E-state index contributed by atoms with van der Waals surface area (Å²) in [4.78, 5) is 11.9. The van der Waals surface area contributed by atoms with Crippen molar-refractivity contribution in [2.24, 2.45) is 0 Å². The molecule has 3 aromatic rings. The summed E-state index contributed by atoms with van der Waals surface area (Å²) >= 11 is 9.15. The number of rotatable bonds is 5. The van der Waals surface area contributed by atoms with Crippen LogP contribution in [0.1, 0.15) is 5.56 Å². The molecule has 0 bridgehead atoms. The molecule has 0 aliphatic carbocycles. The highest BCUT2D eigenvalue weighted by Gasteiger charge is 2.07. The van der Waals surface area contributed by atoms with Crippen molar-refractivity contribution in [2.75, 3.05) is 5.32 Å². The molecule has 0 aliphatic rings. The molecule has 1 amide bonds. The highest BCUT2D eigenvalue weighted by atomic mass is 79.9. The monoisotopic (exact) mass is 393 g/mol. The van der Waals surface area contributed by atoms with E-state index in [1.165, 1.54) is 0 Å². The van der Waals surface area contributed by atoms with Gasteiger partial charge in [0, 0.05) is 23.5 Å². The van der Waals surface area contributed by atoms with Crippen molar-refractivity contribution < 1.29 is 4.79 Å². The Balaban J connectivity index is 1.58. The summed E-state index contributed by atoms with van der Waals surface area (Å²) in [6, 6.07) is 9.32. The van der Waals surface area contributed by atoms with E-state index in [4.69, 9.17) is 11.6 Å². The minimum Gasteiger partial charge on any atom is -0.308 e. The van der Waals surface area contributed by atoms with Crippen molar-refractivity contribution in [1.29, 1.82) is 0 Å². The van der Waals surface area contributed by atoms with Crippen LogP contribution in [-0.2, 0) is 17.9 Å². The van der Waals surface area contributed by atoms with E-state index in [2.05, 4.69) is 31.4 Å². The van der Waals surface area contributed by atoms with Gasteiger partial charge in [0.05, 0.1) is 17.2 Å². The van der Waals surface area contributed by atoms with E-state index in [1.807, 2.05) is 30.5 Å². The molecule has 3 rings (SSSR count). The Morgan fingerprint density at radius 1 is 1.22 bits per heavy atom. The maximum absolute atomic E-state index is 11.9. The molecule has 6 nitrogen and oxygen atoms in total. The molecule has 23 heavy (non-hydrogen) atoms. The number of anilines is 1. The second kappa shape index (κ2) is 6.97. The van der Waals surface area contributed by atoms with E-state index >= 15 is 0 Å². The Labute approximate surface area is 146 Å². The van der Waals surface area contributed by atoms with E-state index in [1.54, 1.807) is 27.8 Å². The number of hydrogen-bond donors (Lipinski definition) is 1. The molecule has 0 radical (unpaired) electrons. The number of nitrogens with zero attached hydrogens (tertiary/aromatic N) is 4. The molecule has 0 spiro atoms. The summed E-state index contributed by atoms with van der Waals surface area (Å²) in [7, 11) is 0. The van der Waals surface area contributed by atoms with Crippen molar-refractivity contribution in [3.8, 4) is 0 Å². The molecule has 2 heterocycles. The molecule has 0 unspecified atom stereocenters. The smallest absolute Gasteiger partial charge is 0.247 e. The Kier molecular flexibility index (Phi) is 4.78. The molecule has 0 fully saturated rings. The third kappa shape index (κ3) is 4.43. The summed E-state index contributed by atoms with van der Waals surface area (Å²) in [5.41, 5.74) is 1.08. The maximum atomic E-state index is 11.9. The van der Waals surface area contributed by atoms with Crippen molar-refractivity contribution in [3.05, 3.63) is 64.0 Å². The Bertz CT molecular complexity index is 811. The molecule has 2 aromatic heterocycles. The molecule has 1 aromatic carbocycles. The molecule has 0 aliphatic heterocycles. The van der Waals surface area contributed by atoms with Gasteiger partial charge in [0.15, 0.2) is 5.82 Å². The first-order chi connectivity index (χ1) is 11.1. The fourth-order valence-electron chi connectivity index (χ4n) is 2.05. The minimum atomic E-state index is -0.183. The van der Waals surface area contributed by atoms with Gasteiger partial charge < -0.3 is 5.32 Å². The number of halogens is 2. The molecule has 0 saturated heterocycles. The van der Waals surface area contributed by atoms with Crippen molar-refractivity contribution in [2.45, 2.75) is 13.1 Å². The average molecular weight is 395 g/mol. The van der Waals surface area contributed by atoms with Crippen LogP contribution >= 0.6 is 27.5 Å². The Hall–Kier alpha value is -2.12. The van der Waals surface area contributed by atoms with Crippen molar-refractivity contribution in [1.82, 2.24) is 19.6 Å². The van der Waals surface area contributed by atoms with Crippen molar-refractivity contribution in [3.63, 3.8) is 0 Å². The average Bonchev–Trinajstić information content (AvgIpc) is 3.11. The highest BCUT2D eigenvalue weighted by Crippen LogP contribution is 2.12. The van der Waals surface area contributed by atoms with Crippen LogP contribution in [0.4, 0.5) is 5.82 Å². The quantitative estimate of drug-likeness (QED) is 0.723. The van der Waals surface area contributed by atoms with Crippen LogP contribution in [0.25, 0.3) is 0 Å². The zero-order valence-electron chi connectivity index (χ0n) is 12.0. The molecule has 0 atom stereocenters. The Morgan fingerprint density at radius 2 is 2.00 bits per heavy atom. The largest absolute Gasteiger partial charge is 0.308 e. The SMILES string of the molecule is O=C(Cn1cc(Br)cn1)Nc1ccn(Cc2ccc(Cl)cc2)n1. The van der Waals surface area contributed by atoms with E-state index < -0.39 is 0 Å². The number of amides is 1. The second-order valence-corrected chi connectivity index (χ2v) is 6.28.